The van der Waals surface area contributed by atoms with Gasteiger partial charge in [0.1, 0.15) is 5.82 Å². The molecule has 0 fully saturated rings. The normalized spacial score (nSPS) is 10.8. The summed E-state index contributed by atoms with van der Waals surface area (Å²) in [7, 11) is 0. The summed E-state index contributed by atoms with van der Waals surface area (Å²) in [6.07, 6.45) is 6.36. The highest BCUT2D eigenvalue weighted by Crippen LogP contribution is 2.19. The molecule has 0 saturated heterocycles. The quantitative estimate of drug-likeness (QED) is 0.799. The van der Waals surface area contributed by atoms with Gasteiger partial charge in [-0.05, 0) is 19.1 Å². The van der Waals surface area contributed by atoms with Crippen molar-refractivity contribution in [3.05, 3.63) is 46.9 Å². The van der Waals surface area contributed by atoms with Gasteiger partial charge in [0, 0.05) is 30.1 Å². The average molecular weight is 285 g/mol. The SMILES string of the molecule is Cc1nc(CCn2cncc2-c2ccc(N)nc2)cs1. The Morgan fingerprint density at radius 3 is 2.90 bits per heavy atom. The molecule has 3 aromatic rings. The van der Waals surface area contributed by atoms with Crippen LogP contribution in [0.4, 0.5) is 5.82 Å². The van der Waals surface area contributed by atoms with Crippen molar-refractivity contribution in [3.63, 3.8) is 0 Å². The van der Waals surface area contributed by atoms with Gasteiger partial charge in [0.25, 0.3) is 0 Å². The van der Waals surface area contributed by atoms with Crippen LogP contribution in [-0.2, 0) is 13.0 Å². The number of aryl methyl sites for hydroxylation is 3. The molecule has 0 radical (unpaired) electrons. The zero-order valence-corrected chi connectivity index (χ0v) is 12.0. The standard InChI is InChI=1S/C14H15N5S/c1-10-18-12(8-20-10)4-5-19-9-16-7-13(19)11-2-3-14(15)17-6-11/h2-3,6-9H,4-5H2,1H3,(H2,15,17). The number of aromatic nitrogens is 4. The number of nitrogen functional groups attached to an aromatic ring is 1. The van der Waals surface area contributed by atoms with Gasteiger partial charge in [-0.1, -0.05) is 0 Å². The minimum absolute atomic E-state index is 0.526. The molecule has 0 unspecified atom stereocenters. The van der Waals surface area contributed by atoms with E-state index >= 15 is 0 Å². The van der Waals surface area contributed by atoms with Crippen molar-refractivity contribution in [2.75, 3.05) is 5.73 Å². The van der Waals surface area contributed by atoms with Crippen LogP contribution < -0.4 is 5.73 Å². The maximum absolute atomic E-state index is 5.61. The number of thiazole rings is 1. The molecule has 0 aliphatic carbocycles. The van der Waals surface area contributed by atoms with E-state index in [1.54, 1.807) is 23.6 Å². The van der Waals surface area contributed by atoms with E-state index in [9.17, 15) is 0 Å². The molecule has 20 heavy (non-hydrogen) atoms. The Balaban J connectivity index is 1.78. The lowest BCUT2D eigenvalue weighted by atomic mass is 10.2. The predicted octanol–water partition coefficient (Wildman–Crippen LogP) is 2.53. The van der Waals surface area contributed by atoms with Gasteiger partial charge in [0.05, 0.1) is 28.9 Å². The number of nitrogens with two attached hydrogens (primary N) is 1. The number of rotatable bonds is 4. The van der Waals surface area contributed by atoms with E-state index in [2.05, 4.69) is 24.9 Å². The van der Waals surface area contributed by atoms with Crippen LogP contribution in [0.1, 0.15) is 10.7 Å². The van der Waals surface area contributed by atoms with E-state index in [0.29, 0.717) is 5.82 Å². The highest BCUT2D eigenvalue weighted by molar-refractivity contribution is 7.09. The van der Waals surface area contributed by atoms with E-state index in [1.165, 1.54) is 0 Å². The fourth-order valence-electron chi connectivity index (χ4n) is 2.05. The largest absolute Gasteiger partial charge is 0.384 e. The first-order chi connectivity index (χ1) is 9.72. The van der Waals surface area contributed by atoms with Crippen LogP contribution in [0.5, 0.6) is 0 Å². The van der Waals surface area contributed by atoms with Crippen molar-refractivity contribution >= 4 is 17.2 Å². The Morgan fingerprint density at radius 2 is 2.20 bits per heavy atom. The van der Waals surface area contributed by atoms with Crippen molar-refractivity contribution in [2.24, 2.45) is 0 Å². The van der Waals surface area contributed by atoms with Gasteiger partial charge >= 0.3 is 0 Å². The lowest BCUT2D eigenvalue weighted by molar-refractivity contribution is 0.692. The number of hydrogen-bond donors (Lipinski definition) is 1. The van der Waals surface area contributed by atoms with Crippen molar-refractivity contribution in [3.8, 4) is 11.3 Å². The monoisotopic (exact) mass is 285 g/mol. The summed E-state index contributed by atoms with van der Waals surface area (Å²) in [5.41, 5.74) is 8.81. The molecule has 3 heterocycles. The summed E-state index contributed by atoms with van der Waals surface area (Å²) in [5, 5.41) is 3.21. The Morgan fingerprint density at radius 1 is 1.30 bits per heavy atom. The Labute approximate surface area is 121 Å². The molecule has 6 heteroatoms. The zero-order chi connectivity index (χ0) is 13.9. The third kappa shape index (κ3) is 2.70. The number of hydrogen-bond acceptors (Lipinski definition) is 5. The molecule has 0 bridgehead atoms. The highest BCUT2D eigenvalue weighted by Gasteiger charge is 2.06. The molecule has 0 aliphatic heterocycles. The third-order valence-corrected chi connectivity index (χ3v) is 3.89. The van der Waals surface area contributed by atoms with Crippen LogP contribution in [0, 0.1) is 6.92 Å². The second-order valence-corrected chi connectivity index (χ2v) is 5.61. The Kier molecular flexibility index (Phi) is 3.47. The molecule has 0 saturated carbocycles. The Bertz CT molecular complexity index is 698. The molecule has 102 valence electrons. The van der Waals surface area contributed by atoms with Gasteiger partial charge in [0.2, 0.25) is 0 Å². The summed E-state index contributed by atoms with van der Waals surface area (Å²) in [4.78, 5) is 12.8. The van der Waals surface area contributed by atoms with E-state index < -0.39 is 0 Å². The van der Waals surface area contributed by atoms with E-state index in [-0.39, 0.29) is 0 Å². The number of imidazole rings is 1. The fraction of sp³-hybridized carbons (Fsp3) is 0.214. The summed E-state index contributed by atoms with van der Waals surface area (Å²) in [6, 6.07) is 3.76. The maximum Gasteiger partial charge on any atom is 0.123 e. The van der Waals surface area contributed by atoms with Gasteiger partial charge in [-0.2, -0.15) is 0 Å². The molecule has 0 aliphatic rings. The maximum atomic E-state index is 5.61. The number of pyridine rings is 1. The van der Waals surface area contributed by atoms with Crippen LogP contribution in [0.2, 0.25) is 0 Å². The van der Waals surface area contributed by atoms with Gasteiger partial charge in [-0.25, -0.2) is 15.0 Å². The average Bonchev–Trinajstić information content (AvgIpc) is 3.06. The summed E-state index contributed by atoms with van der Waals surface area (Å²) in [5.74, 6) is 0.526. The molecule has 0 amide bonds. The van der Waals surface area contributed by atoms with Gasteiger partial charge in [-0.15, -0.1) is 11.3 Å². The van der Waals surface area contributed by atoms with E-state index in [4.69, 9.17) is 5.73 Å². The van der Waals surface area contributed by atoms with E-state index in [1.807, 2.05) is 25.5 Å². The fourth-order valence-corrected chi connectivity index (χ4v) is 2.70. The first-order valence-corrected chi connectivity index (χ1v) is 7.23. The molecule has 0 atom stereocenters. The minimum Gasteiger partial charge on any atom is -0.384 e. The predicted molar refractivity (Wildman–Crippen MR) is 80.4 cm³/mol. The Hall–Kier alpha value is -2.21. The molecule has 0 spiro atoms. The van der Waals surface area contributed by atoms with Crippen LogP contribution >= 0.6 is 11.3 Å². The van der Waals surface area contributed by atoms with Gasteiger partial charge < -0.3 is 10.3 Å². The molecular formula is C14H15N5S. The molecule has 5 nitrogen and oxygen atoms in total. The zero-order valence-electron chi connectivity index (χ0n) is 11.2. The van der Waals surface area contributed by atoms with Crippen molar-refractivity contribution < 1.29 is 0 Å². The smallest absolute Gasteiger partial charge is 0.123 e. The number of anilines is 1. The molecule has 3 rings (SSSR count). The lowest BCUT2D eigenvalue weighted by Crippen LogP contribution is -2.02. The van der Waals surface area contributed by atoms with Crippen molar-refractivity contribution in [1.29, 1.82) is 0 Å². The van der Waals surface area contributed by atoms with Crippen LogP contribution in [0.15, 0.2) is 36.2 Å². The van der Waals surface area contributed by atoms with Crippen LogP contribution in [-0.4, -0.2) is 19.5 Å². The van der Waals surface area contributed by atoms with Gasteiger partial charge in [0.15, 0.2) is 0 Å². The second-order valence-electron chi connectivity index (χ2n) is 4.55. The third-order valence-electron chi connectivity index (χ3n) is 3.07. The molecular weight excluding hydrogens is 270 g/mol. The first-order valence-electron chi connectivity index (χ1n) is 6.35. The van der Waals surface area contributed by atoms with Crippen LogP contribution in [0.3, 0.4) is 0 Å². The number of nitrogens with zero attached hydrogens (tertiary/aromatic N) is 4. The lowest BCUT2D eigenvalue weighted by Gasteiger charge is -2.07. The molecule has 0 aromatic carbocycles. The van der Waals surface area contributed by atoms with Crippen LogP contribution in [0.25, 0.3) is 11.3 Å². The van der Waals surface area contributed by atoms with Gasteiger partial charge in [-0.3, -0.25) is 0 Å². The minimum atomic E-state index is 0.526. The van der Waals surface area contributed by atoms with E-state index in [0.717, 1.165) is 34.9 Å². The molecule has 2 N–H and O–H groups in total. The summed E-state index contributed by atoms with van der Waals surface area (Å²) < 4.78 is 2.11. The second kappa shape index (κ2) is 5.42. The molecule has 3 aromatic heterocycles. The van der Waals surface area contributed by atoms with Crippen molar-refractivity contribution in [1.82, 2.24) is 19.5 Å². The topological polar surface area (TPSA) is 69.6 Å². The highest BCUT2D eigenvalue weighted by atomic mass is 32.1. The first kappa shape index (κ1) is 12.8. The summed E-state index contributed by atoms with van der Waals surface area (Å²) >= 11 is 1.68. The van der Waals surface area contributed by atoms with Crippen molar-refractivity contribution in [2.45, 2.75) is 19.9 Å². The summed E-state index contributed by atoms with van der Waals surface area (Å²) in [6.45, 7) is 2.87.